The van der Waals surface area contributed by atoms with Crippen LogP contribution in [0.5, 0.6) is 5.75 Å². The number of fused-ring (bicyclic) bond motifs is 1. The highest BCUT2D eigenvalue weighted by molar-refractivity contribution is 7.18. The molecule has 2 amide bonds. The van der Waals surface area contributed by atoms with E-state index in [1.807, 2.05) is 29.2 Å². The quantitative estimate of drug-likeness (QED) is 0.443. The van der Waals surface area contributed by atoms with E-state index in [0.717, 1.165) is 29.7 Å². The van der Waals surface area contributed by atoms with Crippen molar-refractivity contribution in [1.82, 2.24) is 14.9 Å². The Morgan fingerprint density at radius 1 is 1.06 bits per heavy atom. The Kier molecular flexibility index (Phi) is 5.83. The first kappa shape index (κ1) is 21.2. The highest BCUT2D eigenvalue weighted by Crippen LogP contribution is 2.30. The van der Waals surface area contributed by atoms with Crippen LogP contribution in [0.15, 0.2) is 60.7 Å². The predicted molar refractivity (Wildman–Crippen MR) is 129 cm³/mol. The lowest BCUT2D eigenvalue weighted by atomic mass is 9.96. The third kappa shape index (κ3) is 4.47. The molecule has 0 spiro atoms. The van der Waals surface area contributed by atoms with Gasteiger partial charge in [0, 0.05) is 24.6 Å². The number of hydrogen-bond donors (Lipinski definition) is 2. The van der Waals surface area contributed by atoms with Gasteiger partial charge in [0.05, 0.1) is 28.0 Å². The molecule has 5 rings (SSSR count). The normalized spacial score (nSPS) is 14.4. The topological polar surface area (TPSA) is 87.3 Å². The van der Waals surface area contributed by atoms with Crippen molar-refractivity contribution in [3.63, 3.8) is 0 Å². The summed E-state index contributed by atoms with van der Waals surface area (Å²) in [7, 11) is 1.58. The van der Waals surface area contributed by atoms with Crippen molar-refractivity contribution < 1.29 is 14.3 Å². The van der Waals surface area contributed by atoms with Crippen molar-refractivity contribution in [2.24, 2.45) is 0 Å². The molecule has 0 atom stereocenters. The molecule has 7 nitrogen and oxygen atoms in total. The van der Waals surface area contributed by atoms with Crippen molar-refractivity contribution in [3.05, 3.63) is 76.9 Å². The van der Waals surface area contributed by atoms with E-state index < -0.39 is 0 Å². The molecule has 0 aliphatic carbocycles. The van der Waals surface area contributed by atoms with Crippen LogP contribution in [0.2, 0.25) is 0 Å². The van der Waals surface area contributed by atoms with E-state index in [9.17, 15) is 9.59 Å². The second-order valence-electron chi connectivity index (χ2n) is 8.05. The number of hydrogen-bond acceptors (Lipinski definition) is 5. The number of rotatable bonds is 5. The number of carbonyl (C=O) groups excluding carboxylic acids is 2. The molecule has 1 aliphatic heterocycles. The number of piperidine rings is 1. The summed E-state index contributed by atoms with van der Waals surface area (Å²) in [5.74, 6) is 1.81. The van der Waals surface area contributed by atoms with Crippen LogP contribution in [0.1, 0.15) is 44.6 Å². The van der Waals surface area contributed by atoms with Crippen molar-refractivity contribution in [3.8, 4) is 5.75 Å². The highest BCUT2D eigenvalue weighted by atomic mass is 32.1. The average Bonchev–Trinajstić information content (AvgIpc) is 3.51. The van der Waals surface area contributed by atoms with Gasteiger partial charge < -0.3 is 19.9 Å². The Bertz CT molecular complexity index is 1250. The average molecular weight is 461 g/mol. The van der Waals surface area contributed by atoms with Gasteiger partial charge in [0.2, 0.25) is 0 Å². The van der Waals surface area contributed by atoms with Crippen LogP contribution in [0.4, 0.5) is 5.00 Å². The molecule has 0 radical (unpaired) electrons. The Morgan fingerprint density at radius 3 is 2.55 bits per heavy atom. The van der Waals surface area contributed by atoms with Crippen molar-refractivity contribution in [2.45, 2.75) is 18.8 Å². The lowest BCUT2D eigenvalue weighted by molar-refractivity contribution is 0.0716. The van der Waals surface area contributed by atoms with Gasteiger partial charge in [0.15, 0.2) is 0 Å². The zero-order valence-electron chi connectivity index (χ0n) is 18.2. The van der Waals surface area contributed by atoms with Gasteiger partial charge in [-0.05, 0) is 61.4 Å². The summed E-state index contributed by atoms with van der Waals surface area (Å²) in [5.41, 5.74) is 2.56. The summed E-state index contributed by atoms with van der Waals surface area (Å²) in [5, 5.41) is 3.52. The second kappa shape index (κ2) is 9.07. The molecule has 1 aliphatic rings. The number of amides is 2. The molecule has 1 fully saturated rings. The van der Waals surface area contributed by atoms with E-state index in [4.69, 9.17) is 9.72 Å². The van der Waals surface area contributed by atoms with E-state index in [2.05, 4.69) is 10.3 Å². The maximum atomic E-state index is 13.0. The van der Waals surface area contributed by atoms with Gasteiger partial charge in [-0.1, -0.05) is 12.1 Å². The van der Waals surface area contributed by atoms with Gasteiger partial charge >= 0.3 is 0 Å². The first-order chi connectivity index (χ1) is 16.1. The van der Waals surface area contributed by atoms with Crippen molar-refractivity contribution in [2.75, 3.05) is 25.5 Å². The predicted octanol–water partition coefficient (Wildman–Crippen LogP) is 4.91. The number of carbonyl (C=O) groups is 2. The maximum Gasteiger partial charge on any atom is 0.263 e. The van der Waals surface area contributed by atoms with Crippen LogP contribution in [-0.2, 0) is 0 Å². The number of H-pyrrole nitrogens is 1. The minimum absolute atomic E-state index is 0.00741. The zero-order valence-corrected chi connectivity index (χ0v) is 19.0. The number of thiophene rings is 1. The first-order valence-electron chi connectivity index (χ1n) is 10.9. The van der Waals surface area contributed by atoms with Crippen molar-refractivity contribution >= 4 is 39.2 Å². The van der Waals surface area contributed by atoms with Crippen molar-refractivity contribution in [1.29, 1.82) is 0 Å². The molecule has 8 heteroatoms. The third-order valence-electron chi connectivity index (χ3n) is 5.98. The molecule has 0 saturated carbocycles. The fraction of sp³-hybridized carbons (Fsp3) is 0.240. The molecular weight excluding hydrogens is 436 g/mol. The number of para-hydroxylation sites is 2. The Labute approximate surface area is 195 Å². The summed E-state index contributed by atoms with van der Waals surface area (Å²) in [6.45, 7) is 1.37. The molecular formula is C25H24N4O3S. The number of likely N-dealkylation sites (tertiary alicyclic amines) is 1. The van der Waals surface area contributed by atoms with Crippen LogP contribution in [-0.4, -0.2) is 46.9 Å². The zero-order chi connectivity index (χ0) is 22.8. The Hall–Kier alpha value is -3.65. The molecule has 2 aromatic heterocycles. The number of aromatic nitrogens is 2. The van der Waals surface area contributed by atoms with E-state index >= 15 is 0 Å². The minimum atomic E-state index is -0.217. The summed E-state index contributed by atoms with van der Waals surface area (Å²) < 4.78 is 5.12. The molecule has 2 N–H and O–H groups in total. The highest BCUT2D eigenvalue weighted by Gasteiger charge is 2.27. The second-order valence-corrected chi connectivity index (χ2v) is 9.14. The number of ether oxygens (including phenoxy) is 1. The van der Waals surface area contributed by atoms with Gasteiger partial charge in [0.25, 0.3) is 11.8 Å². The number of methoxy groups -OCH3 is 1. The summed E-state index contributed by atoms with van der Waals surface area (Å²) in [4.78, 5) is 36.2. The number of benzene rings is 2. The molecule has 1 saturated heterocycles. The van der Waals surface area contributed by atoms with E-state index in [0.29, 0.717) is 40.2 Å². The van der Waals surface area contributed by atoms with Crippen LogP contribution in [0, 0.1) is 0 Å². The number of aromatic amines is 1. The molecule has 3 heterocycles. The van der Waals surface area contributed by atoms with Gasteiger partial charge in [-0.2, -0.15) is 0 Å². The summed E-state index contributed by atoms with van der Waals surface area (Å²) in [6.07, 6.45) is 1.75. The summed E-state index contributed by atoms with van der Waals surface area (Å²) in [6, 6.07) is 18.5. The molecule has 4 aromatic rings. The van der Waals surface area contributed by atoms with Crippen LogP contribution in [0.3, 0.4) is 0 Å². The number of imidazole rings is 1. The summed E-state index contributed by atoms with van der Waals surface area (Å²) >= 11 is 1.30. The third-order valence-corrected chi connectivity index (χ3v) is 6.97. The fourth-order valence-electron chi connectivity index (χ4n) is 4.12. The molecule has 0 bridgehead atoms. The SMILES string of the molecule is COc1ccc(C(=O)Nc2ccc(C(=O)N3CCC(c4nc5ccccc5[nH]4)CC3)s2)cc1. The van der Waals surface area contributed by atoms with E-state index in [1.165, 1.54) is 11.3 Å². The number of anilines is 1. The minimum Gasteiger partial charge on any atom is -0.497 e. The van der Waals surface area contributed by atoms with Gasteiger partial charge in [0.1, 0.15) is 11.6 Å². The standard InChI is InChI=1S/C25H24N4O3S/c1-32-18-8-6-17(7-9-18)24(30)28-22-11-10-21(33-22)25(31)29-14-12-16(13-15-29)23-26-19-4-2-3-5-20(19)27-23/h2-11,16H,12-15H2,1H3,(H,26,27)(H,28,30). The molecule has 168 valence electrons. The van der Waals surface area contributed by atoms with E-state index in [-0.39, 0.29) is 11.8 Å². The van der Waals surface area contributed by atoms with Gasteiger partial charge in [-0.15, -0.1) is 11.3 Å². The lowest BCUT2D eigenvalue weighted by Gasteiger charge is -2.30. The lowest BCUT2D eigenvalue weighted by Crippen LogP contribution is -2.37. The molecule has 0 unspecified atom stereocenters. The van der Waals surface area contributed by atoms with Gasteiger partial charge in [-0.25, -0.2) is 4.98 Å². The van der Waals surface area contributed by atoms with Crippen LogP contribution < -0.4 is 10.1 Å². The largest absolute Gasteiger partial charge is 0.497 e. The monoisotopic (exact) mass is 460 g/mol. The Balaban J connectivity index is 1.19. The van der Waals surface area contributed by atoms with Crippen LogP contribution >= 0.6 is 11.3 Å². The van der Waals surface area contributed by atoms with Crippen LogP contribution in [0.25, 0.3) is 11.0 Å². The smallest absolute Gasteiger partial charge is 0.263 e. The molecule has 33 heavy (non-hydrogen) atoms. The Morgan fingerprint density at radius 2 is 1.82 bits per heavy atom. The number of nitrogens with one attached hydrogen (secondary N) is 2. The molecule has 2 aromatic carbocycles. The van der Waals surface area contributed by atoms with Gasteiger partial charge in [-0.3, -0.25) is 9.59 Å². The van der Waals surface area contributed by atoms with E-state index in [1.54, 1.807) is 43.5 Å². The fourth-order valence-corrected chi connectivity index (χ4v) is 4.99. The number of nitrogens with zero attached hydrogens (tertiary/aromatic N) is 2. The maximum absolute atomic E-state index is 13.0. The first-order valence-corrected chi connectivity index (χ1v) is 11.7.